The van der Waals surface area contributed by atoms with Gasteiger partial charge in [0.2, 0.25) is 5.91 Å². The number of carbonyl (C=O) groups is 2. The lowest BCUT2D eigenvalue weighted by molar-refractivity contribution is -0.117. The first kappa shape index (κ1) is 20.0. The van der Waals surface area contributed by atoms with E-state index in [2.05, 4.69) is 27.1 Å². The van der Waals surface area contributed by atoms with E-state index in [-0.39, 0.29) is 18.6 Å². The highest BCUT2D eigenvalue weighted by Gasteiger charge is 2.21. The Morgan fingerprint density at radius 3 is 2.54 bits per heavy atom. The first-order valence-electron chi connectivity index (χ1n) is 9.50. The van der Waals surface area contributed by atoms with Crippen LogP contribution in [-0.2, 0) is 20.8 Å². The highest BCUT2D eigenvalue weighted by atomic mass is 16.5. The van der Waals surface area contributed by atoms with E-state index in [1.54, 1.807) is 24.3 Å². The van der Waals surface area contributed by atoms with Gasteiger partial charge in [-0.2, -0.15) is 0 Å². The number of benzene rings is 2. The van der Waals surface area contributed by atoms with Crippen molar-refractivity contribution < 1.29 is 19.1 Å². The molecule has 1 N–H and O–H groups in total. The minimum absolute atomic E-state index is 0.0975. The zero-order valence-electron chi connectivity index (χ0n) is 16.1. The van der Waals surface area contributed by atoms with Gasteiger partial charge in [0.15, 0.2) is 0 Å². The third-order valence-electron chi connectivity index (χ3n) is 4.69. The molecule has 0 aromatic heterocycles. The third-order valence-corrected chi connectivity index (χ3v) is 4.69. The van der Waals surface area contributed by atoms with Crippen LogP contribution in [0.15, 0.2) is 54.6 Å². The zero-order valence-corrected chi connectivity index (χ0v) is 16.1. The Kier molecular flexibility index (Phi) is 7.17. The average Bonchev–Trinajstić information content (AvgIpc) is 3.21. The Hall–Kier alpha value is -2.70. The van der Waals surface area contributed by atoms with Crippen LogP contribution in [0.3, 0.4) is 0 Å². The Bertz CT molecular complexity index is 771. The first-order valence-corrected chi connectivity index (χ1v) is 9.50. The zero-order chi connectivity index (χ0) is 19.8. The Labute approximate surface area is 165 Å². The molecule has 1 atom stereocenters. The van der Waals surface area contributed by atoms with Gasteiger partial charge < -0.3 is 14.8 Å². The average molecular weight is 382 g/mol. The molecule has 1 fully saturated rings. The molecule has 1 heterocycles. The molecule has 1 aliphatic heterocycles. The number of anilines is 1. The highest BCUT2D eigenvalue weighted by molar-refractivity contribution is 5.93. The summed E-state index contributed by atoms with van der Waals surface area (Å²) in [4.78, 5) is 26.2. The van der Waals surface area contributed by atoms with Gasteiger partial charge in [0.1, 0.15) is 0 Å². The van der Waals surface area contributed by atoms with Gasteiger partial charge in [0, 0.05) is 25.4 Å². The molecule has 3 rings (SSSR count). The van der Waals surface area contributed by atoms with Crippen LogP contribution in [0.2, 0.25) is 0 Å². The van der Waals surface area contributed by atoms with E-state index in [0.717, 1.165) is 31.6 Å². The standard InChI is InChI=1S/C22H26N2O4/c1-27-22(26)18-9-11-19(12-10-18)23-21(25)16-24(15-20-8-5-13-28-20)14-17-6-3-2-4-7-17/h2-4,6-7,9-12,20H,5,8,13-16H2,1H3,(H,23,25). The topological polar surface area (TPSA) is 67.9 Å². The second kappa shape index (κ2) is 10.0. The molecule has 28 heavy (non-hydrogen) atoms. The van der Waals surface area contributed by atoms with Gasteiger partial charge in [-0.3, -0.25) is 9.69 Å². The predicted molar refractivity (Wildman–Crippen MR) is 107 cm³/mol. The fourth-order valence-corrected chi connectivity index (χ4v) is 3.31. The molecule has 2 aromatic rings. The largest absolute Gasteiger partial charge is 0.465 e. The van der Waals surface area contributed by atoms with Crippen molar-refractivity contribution >= 4 is 17.6 Å². The van der Waals surface area contributed by atoms with Gasteiger partial charge >= 0.3 is 5.97 Å². The second-order valence-electron chi connectivity index (χ2n) is 6.91. The van der Waals surface area contributed by atoms with Gasteiger partial charge in [-0.15, -0.1) is 0 Å². The molecule has 1 amide bonds. The van der Waals surface area contributed by atoms with E-state index >= 15 is 0 Å². The molecule has 1 saturated heterocycles. The molecule has 6 heteroatoms. The van der Waals surface area contributed by atoms with E-state index in [0.29, 0.717) is 17.8 Å². The number of rotatable bonds is 8. The predicted octanol–water partition coefficient (Wildman–Crippen LogP) is 3.09. The van der Waals surface area contributed by atoms with Crippen LogP contribution in [0.1, 0.15) is 28.8 Å². The normalized spacial score (nSPS) is 16.1. The number of carbonyl (C=O) groups excluding carboxylic acids is 2. The summed E-state index contributed by atoms with van der Waals surface area (Å²) in [5, 5.41) is 2.89. The maximum Gasteiger partial charge on any atom is 0.337 e. The molecule has 6 nitrogen and oxygen atoms in total. The number of ether oxygens (including phenoxy) is 2. The van der Waals surface area contributed by atoms with Crippen LogP contribution >= 0.6 is 0 Å². The molecule has 1 aliphatic rings. The number of nitrogens with one attached hydrogen (secondary N) is 1. The summed E-state index contributed by atoms with van der Waals surface area (Å²) in [5.41, 5.74) is 2.26. The van der Waals surface area contributed by atoms with Crippen LogP contribution in [0.25, 0.3) is 0 Å². The fourth-order valence-electron chi connectivity index (χ4n) is 3.31. The van der Waals surface area contributed by atoms with Crippen molar-refractivity contribution in [3.8, 4) is 0 Å². The molecule has 0 saturated carbocycles. The minimum atomic E-state index is -0.400. The Morgan fingerprint density at radius 2 is 1.89 bits per heavy atom. The van der Waals surface area contributed by atoms with Crippen LogP contribution in [0.4, 0.5) is 5.69 Å². The van der Waals surface area contributed by atoms with Crippen LogP contribution in [0, 0.1) is 0 Å². The van der Waals surface area contributed by atoms with Crippen molar-refractivity contribution in [2.75, 3.05) is 32.1 Å². The number of nitrogens with zero attached hydrogens (tertiary/aromatic N) is 1. The molecular weight excluding hydrogens is 356 g/mol. The quantitative estimate of drug-likeness (QED) is 0.711. The van der Waals surface area contributed by atoms with Crippen LogP contribution < -0.4 is 5.32 Å². The van der Waals surface area contributed by atoms with E-state index < -0.39 is 5.97 Å². The maximum absolute atomic E-state index is 12.6. The summed E-state index contributed by atoms with van der Waals surface area (Å²) in [5.74, 6) is -0.497. The maximum atomic E-state index is 12.6. The minimum Gasteiger partial charge on any atom is -0.465 e. The van der Waals surface area contributed by atoms with Crippen molar-refractivity contribution in [1.82, 2.24) is 4.90 Å². The smallest absolute Gasteiger partial charge is 0.337 e. The van der Waals surface area contributed by atoms with Crippen molar-refractivity contribution in [1.29, 1.82) is 0 Å². The number of amides is 1. The molecule has 1 unspecified atom stereocenters. The van der Waals surface area contributed by atoms with Crippen LogP contribution in [-0.4, -0.2) is 49.7 Å². The van der Waals surface area contributed by atoms with E-state index in [1.807, 2.05) is 18.2 Å². The highest BCUT2D eigenvalue weighted by Crippen LogP contribution is 2.16. The van der Waals surface area contributed by atoms with Crippen molar-refractivity contribution in [2.45, 2.75) is 25.5 Å². The van der Waals surface area contributed by atoms with Crippen molar-refractivity contribution in [3.63, 3.8) is 0 Å². The van der Waals surface area contributed by atoms with Gasteiger partial charge in [-0.1, -0.05) is 30.3 Å². The SMILES string of the molecule is COC(=O)c1ccc(NC(=O)CN(Cc2ccccc2)CC2CCCO2)cc1. The number of hydrogen-bond donors (Lipinski definition) is 1. The summed E-state index contributed by atoms with van der Waals surface area (Å²) < 4.78 is 10.4. The Balaban J connectivity index is 1.60. The van der Waals surface area contributed by atoms with E-state index in [1.165, 1.54) is 7.11 Å². The number of hydrogen-bond acceptors (Lipinski definition) is 5. The molecule has 0 aliphatic carbocycles. The summed E-state index contributed by atoms with van der Waals surface area (Å²) >= 11 is 0. The van der Waals surface area contributed by atoms with Gasteiger partial charge in [0.25, 0.3) is 0 Å². The lowest BCUT2D eigenvalue weighted by Gasteiger charge is -2.24. The molecule has 0 spiro atoms. The molecule has 2 aromatic carbocycles. The van der Waals surface area contributed by atoms with Gasteiger partial charge in [-0.25, -0.2) is 4.79 Å². The Morgan fingerprint density at radius 1 is 1.14 bits per heavy atom. The van der Waals surface area contributed by atoms with Crippen LogP contribution in [0.5, 0.6) is 0 Å². The van der Waals surface area contributed by atoms with Crippen molar-refractivity contribution in [3.05, 3.63) is 65.7 Å². The molecule has 0 bridgehead atoms. The molecular formula is C22H26N2O4. The first-order chi connectivity index (χ1) is 13.6. The second-order valence-corrected chi connectivity index (χ2v) is 6.91. The number of methoxy groups -OCH3 is 1. The van der Waals surface area contributed by atoms with E-state index in [4.69, 9.17) is 4.74 Å². The summed E-state index contributed by atoms with van der Waals surface area (Å²) in [6.45, 7) is 2.48. The molecule has 148 valence electrons. The summed E-state index contributed by atoms with van der Waals surface area (Å²) in [7, 11) is 1.34. The third kappa shape index (κ3) is 5.90. The fraction of sp³-hybridized carbons (Fsp3) is 0.364. The van der Waals surface area contributed by atoms with Gasteiger partial charge in [0.05, 0.1) is 25.3 Å². The summed E-state index contributed by atoms with van der Waals surface area (Å²) in [6, 6.07) is 16.8. The lowest BCUT2D eigenvalue weighted by Crippen LogP contribution is -2.37. The summed E-state index contributed by atoms with van der Waals surface area (Å²) in [6.07, 6.45) is 2.28. The lowest BCUT2D eigenvalue weighted by atomic mass is 10.1. The van der Waals surface area contributed by atoms with Crippen molar-refractivity contribution in [2.24, 2.45) is 0 Å². The number of esters is 1. The van der Waals surface area contributed by atoms with E-state index in [9.17, 15) is 9.59 Å². The monoisotopic (exact) mass is 382 g/mol. The van der Waals surface area contributed by atoms with Gasteiger partial charge in [-0.05, 0) is 42.7 Å². The molecule has 0 radical (unpaired) electrons.